The normalized spacial score (nSPS) is 12.3. The van der Waals surface area contributed by atoms with Crippen LogP contribution in [0.3, 0.4) is 0 Å². The number of aryl methyl sites for hydroxylation is 2. The van der Waals surface area contributed by atoms with E-state index >= 15 is 0 Å². The van der Waals surface area contributed by atoms with Gasteiger partial charge in [0.2, 0.25) is 5.91 Å². The highest BCUT2D eigenvalue weighted by molar-refractivity contribution is 5.85. The Kier molecular flexibility index (Phi) is 4.62. The smallest absolute Gasteiger partial charge is 0.305 e. The number of carboxylic acid groups (broad SMARTS) is 1. The quantitative estimate of drug-likeness (QED) is 0.855. The van der Waals surface area contributed by atoms with Gasteiger partial charge in [0, 0.05) is 36.6 Å². The average molecular weight is 288 g/mol. The van der Waals surface area contributed by atoms with Gasteiger partial charge in [-0.2, -0.15) is 0 Å². The first kappa shape index (κ1) is 15.1. The summed E-state index contributed by atoms with van der Waals surface area (Å²) in [6.45, 7) is 1.70. The van der Waals surface area contributed by atoms with Gasteiger partial charge in [0.25, 0.3) is 0 Å². The third-order valence-corrected chi connectivity index (χ3v) is 3.49. The van der Waals surface area contributed by atoms with E-state index in [2.05, 4.69) is 16.0 Å². The molecular weight excluding hydrogens is 268 g/mol. The summed E-state index contributed by atoms with van der Waals surface area (Å²) >= 11 is 0. The Morgan fingerprint density at radius 2 is 2.05 bits per heavy atom. The molecule has 1 unspecified atom stereocenters. The number of rotatable bonds is 6. The minimum atomic E-state index is -0.906. The predicted molar refractivity (Wildman–Crippen MR) is 81.1 cm³/mol. The van der Waals surface area contributed by atoms with Crippen molar-refractivity contribution < 1.29 is 14.7 Å². The Bertz CT molecular complexity index is 661. The van der Waals surface area contributed by atoms with Gasteiger partial charge in [0.05, 0.1) is 6.42 Å². The van der Waals surface area contributed by atoms with Crippen molar-refractivity contribution in [1.82, 2.24) is 9.88 Å². The van der Waals surface area contributed by atoms with E-state index in [4.69, 9.17) is 5.11 Å². The van der Waals surface area contributed by atoms with Crippen LogP contribution in [0.2, 0.25) is 0 Å². The van der Waals surface area contributed by atoms with E-state index in [0.717, 1.165) is 16.5 Å². The number of carboxylic acids is 1. The molecule has 1 atom stereocenters. The first-order valence-electron chi connectivity index (χ1n) is 7.01. The van der Waals surface area contributed by atoms with Crippen molar-refractivity contribution >= 4 is 22.8 Å². The fourth-order valence-corrected chi connectivity index (χ4v) is 2.53. The van der Waals surface area contributed by atoms with Crippen LogP contribution in [-0.4, -0.2) is 27.6 Å². The van der Waals surface area contributed by atoms with Gasteiger partial charge in [0.15, 0.2) is 0 Å². The van der Waals surface area contributed by atoms with Gasteiger partial charge in [-0.05, 0) is 25.0 Å². The number of nitrogens with zero attached hydrogens (tertiary/aromatic N) is 1. The maximum Gasteiger partial charge on any atom is 0.305 e. The first-order valence-corrected chi connectivity index (χ1v) is 7.01. The lowest BCUT2D eigenvalue weighted by Crippen LogP contribution is -2.34. The molecule has 0 aliphatic carbocycles. The molecule has 2 rings (SSSR count). The van der Waals surface area contributed by atoms with Crippen LogP contribution in [0.15, 0.2) is 30.5 Å². The Hall–Kier alpha value is -2.30. The Morgan fingerprint density at radius 1 is 1.33 bits per heavy atom. The molecule has 1 aromatic carbocycles. The van der Waals surface area contributed by atoms with Crippen molar-refractivity contribution in [2.45, 2.75) is 32.2 Å². The lowest BCUT2D eigenvalue weighted by molar-refractivity contribution is -0.137. The van der Waals surface area contributed by atoms with Gasteiger partial charge in [-0.3, -0.25) is 9.59 Å². The summed E-state index contributed by atoms with van der Waals surface area (Å²) in [4.78, 5) is 22.4. The Labute approximate surface area is 123 Å². The third kappa shape index (κ3) is 3.84. The Balaban J connectivity index is 1.96. The fourth-order valence-electron chi connectivity index (χ4n) is 2.53. The average Bonchev–Trinajstić information content (AvgIpc) is 2.73. The molecule has 0 saturated carbocycles. The topological polar surface area (TPSA) is 71.3 Å². The van der Waals surface area contributed by atoms with Gasteiger partial charge in [0.1, 0.15) is 0 Å². The lowest BCUT2D eigenvalue weighted by atomic mass is 10.1. The van der Waals surface area contributed by atoms with Crippen LogP contribution >= 0.6 is 0 Å². The van der Waals surface area contributed by atoms with E-state index in [1.165, 1.54) is 0 Å². The molecule has 1 aromatic heterocycles. The van der Waals surface area contributed by atoms with E-state index in [9.17, 15) is 9.59 Å². The molecule has 112 valence electrons. The van der Waals surface area contributed by atoms with E-state index in [1.807, 2.05) is 31.4 Å². The summed E-state index contributed by atoms with van der Waals surface area (Å²) in [5.74, 6) is -1.02. The molecule has 1 heterocycles. The van der Waals surface area contributed by atoms with Crippen LogP contribution in [0.5, 0.6) is 0 Å². The van der Waals surface area contributed by atoms with Gasteiger partial charge in [-0.25, -0.2) is 0 Å². The minimum Gasteiger partial charge on any atom is -0.481 e. The van der Waals surface area contributed by atoms with Crippen molar-refractivity contribution in [2.75, 3.05) is 0 Å². The molecule has 1 amide bonds. The molecule has 2 N–H and O–H groups in total. The van der Waals surface area contributed by atoms with E-state index in [-0.39, 0.29) is 18.4 Å². The van der Waals surface area contributed by atoms with Crippen LogP contribution in [0.1, 0.15) is 25.3 Å². The molecule has 0 bridgehead atoms. The van der Waals surface area contributed by atoms with Gasteiger partial charge in [-0.15, -0.1) is 0 Å². The molecular formula is C16H20N2O3. The van der Waals surface area contributed by atoms with E-state index in [0.29, 0.717) is 12.8 Å². The number of carbonyl (C=O) groups excluding carboxylic acids is 1. The number of hydrogen-bond donors (Lipinski definition) is 2. The zero-order valence-corrected chi connectivity index (χ0v) is 12.3. The van der Waals surface area contributed by atoms with Gasteiger partial charge < -0.3 is 15.0 Å². The molecule has 0 fully saturated rings. The number of benzene rings is 1. The molecule has 2 aromatic rings. The fraction of sp³-hybridized carbons (Fsp3) is 0.375. The van der Waals surface area contributed by atoms with E-state index < -0.39 is 5.97 Å². The van der Waals surface area contributed by atoms with Crippen LogP contribution in [0.4, 0.5) is 0 Å². The van der Waals surface area contributed by atoms with Crippen molar-refractivity contribution in [3.63, 3.8) is 0 Å². The number of aromatic nitrogens is 1. The second-order valence-corrected chi connectivity index (χ2v) is 5.35. The first-order chi connectivity index (χ1) is 9.97. The van der Waals surface area contributed by atoms with Crippen molar-refractivity contribution in [1.29, 1.82) is 0 Å². The largest absolute Gasteiger partial charge is 0.481 e. The Morgan fingerprint density at radius 3 is 2.76 bits per heavy atom. The van der Waals surface area contributed by atoms with Crippen LogP contribution < -0.4 is 5.32 Å². The summed E-state index contributed by atoms with van der Waals surface area (Å²) < 4.78 is 2.05. The molecule has 0 radical (unpaired) electrons. The lowest BCUT2D eigenvalue weighted by Gasteiger charge is -2.11. The molecule has 0 aliphatic rings. The maximum absolute atomic E-state index is 11.8. The molecule has 0 aliphatic heterocycles. The van der Waals surface area contributed by atoms with Crippen LogP contribution in [0, 0.1) is 0 Å². The number of carbonyl (C=O) groups is 2. The van der Waals surface area contributed by atoms with Gasteiger partial charge in [-0.1, -0.05) is 18.2 Å². The second kappa shape index (κ2) is 6.43. The van der Waals surface area contributed by atoms with E-state index in [1.54, 1.807) is 6.92 Å². The van der Waals surface area contributed by atoms with Crippen molar-refractivity contribution in [2.24, 2.45) is 7.05 Å². The standard InChI is InChI=1S/C16H20N2O3/c1-11(9-16(20)21)17-15(19)8-7-12-10-18(2)14-6-4-3-5-13(12)14/h3-6,10-11H,7-9H2,1-2H3,(H,17,19)(H,20,21). The summed E-state index contributed by atoms with van der Waals surface area (Å²) in [5, 5.41) is 12.5. The third-order valence-electron chi connectivity index (χ3n) is 3.49. The number of amides is 1. The summed E-state index contributed by atoms with van der Waals surface area (Å²) in [6, 6.07) is 7.74. The zero-order valence-electron chi connectivity index (χ0n) is 12.3. The predicted octanol–water partition coefficient (Wildman–Crippen LogP) is 2.09. The minimum absolute atomic E-state index is 0.0555. The van der Waals surface area contributed by atoms with Crippen LogP contribution in [0.25, 0.3) is 10.9 Å². The molecule has 0 spiro atoms. The summed E-state index contributed by atoms with van der Waals surface area (Å²) in [7, 11) is 1.99. The number of aliphatic carboxylic acids is 1. The maximum atomic E-state index is 11.8. The van der Waals surface area contributed by atoms with Crippen LogP contribution in [-0.2, 0) is 23.1 Å². The number of nitrogens with one attached hydrogen (secondary N) is 1. The number of hydrogen-bond acceptors (Lipinski definition) is 2. The zero-order chi connectivity index (χ0) is 15.4. The highest BCUT2D eigenvalue weighted by atomic mass is 16.4. The van der Waals surface area contributed by atoms with Crippen molar-refractivity contribution in [3.05, 3.63) is 36.0 Å². The molecule has 0 saturated heterocycles. The van der Waals surface area contributed by atoms with Gasteiger partial charge >= 0.3 is 5.97 Å². The number of fused-ring (bicyclic) bond motifs is 1. The highest BCUT2D eigenvalue weighted by Crippen LogP contribution is 2.21. The second-order valence-electron chi connectivity index (χ2n) is 5.35. The highest BCUT2D eigenvalue weighted by Gasteiger charge is 2.12. The summed E-state index contributed by atoms with van der Waals surface area (Å²) in [6.07, 6.45) is 2.99. The molecule has 21 heavy (non-hydrogen) atoms. The summed E-state index contributed by atoms with van der Waals surface area (Å²) in [5.41, 5.74) is 2.28. The SMILES string of the molecule is CC(CC(=O)O)NC(=O)CCc1cn(C)c2ccccc12. The molecule has 5 nitrogen and oxygen atoms in total. The number of para-hydroxylation sites is 1. The monoisotopic (exact) mass is 288 g/mol. The molecule has 5 heteroatoms. The van der Waals surface area contributed by atoms with Crippen molar-refractivity contribution in [3.8, 4) is 0 Å².